The van der Waals surface area contributed by atoms with E-state index in [0.29, 0.717) is 12.0 Å². The van der Waals surface area contributed by atoms with Crippen LogP contribution in [0.3, 0.4) is 0 Å². The number of anilines is 1. The number of thioether (sulfide) groups is 1. The second kappa shape index (κ2) is 5.57. The van der Waals surface area contributed by atoms with Crippen molar-refractivity contribution in [1.82, 2.24) is 5.16 Å². The average molecular weight is 276 g/mol. The lowest BCUT2D eigenvalue weighted by Crippen LogP contribution is -2.22. The van der Waals surface area contributed by atoms with Crippen molar-refractivity contribution in [1.29, 1.82) is 0 Å². The number of aromatic nitrogens is 1. The number of nitrogens with two attached hydrogens (primary N) is 1. The molecule has 0 spiro atoms. The number of hydrogen-bond acceptors (Lipinski definition) is 5. The number of hydrogen-bond donors (Lipinski definition) is 1. The van der Waals surface area contributed by atoms with Crippen molar-refractivity contribution in [2.45, 2.75) is 18.9 Å². The van der Waals surface area contributed by atoms with Crippen molar-refractivity contribution in [2.75, 3.05) is 17.2 Å². The number of benzene rings is 1. The fraction of sp³-hybridized carbons (Fsp3) is 0.357. The molecule has 0 amide bonds. The van der Waals surface area contributed by atoms with Crippen LogP contribution in [0.2, 0.25) is 0 Å². The molecule has 0 aliphatic carbocycles. The Morgan fingerprint density at radius 3 is 2.79 bits per heavy atom. The zero-order valence-electron chi connectivity index (χ0n) is 10.5. The topological polar surface area (TPSA) is 61.3 Å². The van der Waals surface area contributed by atoms with Crippen molar-refractivity contribution >= 4 is 17.6 Å². The van der Waals surface area contributed by atoms with Crippen LogP contribution in [-0.4, -0.2) is 22.8 Å². The molecule has 1 aromatic carbocycles. The van der Waals surface area contributed by atoms with Gasteiger partial charge in [0.1, 0.15) is 17.5 Å². The largest absolute Gasteiger partial charge is 0.490 e. The standard InChI is InChI=1S/C14H16N2O2S/c15-14-9-12(16-18-14)11-3-1-2-4-13(11)17-10-5-7-19-8-6-10/h1-4,9-10H,5-8,15H2. The molecule has 100 valence electrons. The van der Waals surface area contributed by atoms with E-state index in [2.05, 4.69) is 5.16 Å². The number of nitrogens with zero attached hydrogens (tertiary/aromatic N) is 1. The summed E-state index contributed by atoms with van der Waals surface area (Å²) in [6.07, 6.45) is 2.49. The lowest BCUT2D eigenvalue weighted by atomic mass is 10.1. The third kappa shape index (κ3) is 2.87. The quantitative estimate of drug-likeness (QED) is 0.932. The summed E-state index contributed by atoms with van der Waals surface area (Å²) in [7, 11) is 0. The van der Waals surface area contributed by atoms with E-state index < -0.39 is 0 Å². The van der Waals surface area contributed by atoms with Gasteiger partial charge in [-0.15, -0.1) is 0 Å². The molecule has 1 aliphatic heterocycles. The van der Waals surface area contributed by atoms with Gasteiger partial charge in [-0.3, -0.25) is 0 Å². The molecule has 0 atom stereocenters. The molecule has 1 saturated heterocycles. The molecule has 0 bridgehead atoms. The van der Waals surface area contributed by atoms with E-state index in [0.717, 1.165) is 29.8 Å². The van der Waals surface area contributed by atoms with Gasteiger partial charge in [0.05, 0.1) is 0 Å². The van der Waals surface area contributed by atoms with Gasteiger partial charge in [0, 0.05) is 11.6 Å². The summed E-state index contributed by atoms with van der Waals surface area (Å²) < 4.78 is 11.0. The molecule has 3 rings (SSSR count). The third-order valence-corrected chi connectivity index (χ3v) is 4.20. The van der Waals surface area contributed by atoms with Crippen molar-refractivity contribution in [3.63, 3.8) is 0 Å². The zero-order chi connectivity index (χ0) is 13.1. The van der Waals surface area contributed by atoms with Gasteiger partial charge in [-0.2, -0.15) is 11.8 Å². The summed E-state index contributed by atoms with van der Waals surface area (Å²) in [5.41, 5.74) is 7.23. The predicted octanol–water partition coefficient (Wildman–Crippen LogP) is 3.20. The second-order valence-corrected chi connectivity index (χ2v) is 5.77. The Balaban J connectivity index is 1.84. The normalized spacial score (nSPS) is 16.4. The third-order valence-electron chi connectivity index (χ3n) is 3.15. The van der Waals surface area contributed by atoms with Gasteiger partial charge >= 0.3 is 0 Å². The SMILES string of the molecule is Nc1cc(-c2ccccc2OC2CCSCC2)no1. The number of rotatable bonds is 3. The molecule has 1 fully saturated rings. The predicted molar refractivity (Wildman–Crippen MR) is 77.3 cm³/mol. The van der Waals surface area contributed by atoms with Gasteiger partial charge in [0.15, 0.2) is 0 Å². The summed E-state index contributed by atoms with van der Waals surface area (Å²) in [4.78, 5) is 0. The Bertz CT molecular complexity index is 550. The highest BCUT2D eigenvalue weighted by Gasteiger charge is 2.18. The molecule has 0 radical (unpaired) electrons. The summed E-state index contributed by atoms with van der Waals surface area (Å²) in [5.74, 6) is 3.51. The summed E-state index contributed by atoms with van der Waals surface area (Å²) in [6, 6.07) is 9.61. The average Bonchev–Trinajstić information content (AvgIpc) is 2.87. The lowest BCUT2D eigenvalue weighted by molar-refractivity contribution is 0.193. The van der Waals surface area contributed by atoms with Gasteiger partial charge < -0.3 is 15.0 Å². The Morgan fingerprint density at radius 2 is 2.05 bits per heavy atom. The fourth-order valence-electron chi connectivity index (χ4n) is 2.17. The smallest absolute Gasteiger partial charge is 0.222 e. The maximum absolute atomic E-state index is 6.11. The van der Waals surface area contributed by atoms with Crippen molar-refractivity contribution in [3.8, 4) is 17.0 Å². The molecule has 2 aromatic rings. The first-order valence-corrected chi connectivity index (χ1v) is 7.54. The maximum atomic E-state index is 6.11. The van der Waals surface area contributed by atoms with Crippen LogP contribution in [0.15, 0.2) is 34.9 Å². The van der Waals surface area contributed by atoms with Crippen LogP contribution in [0.4, 0.5) is 5.88 Å². The molecule has 2 heterocycles. The minimum absolute atomic E-state index is 0.298. The van der Waals surface area contributed by atoms with E-state index in [-0.39, 0.29) is 0 Å². The van der Waals surface area contributed by atoms with Crippen LogP contribution >= 0.6 is 11.8 Å². The van der Waals surface area contributed by atoms with E-state index >= 15 is 0 Å². The van der Waals surface area contributed by atoms with Crippen molar-refractivity contribution < 1.29 is 9.26 Å². The first kappa shape index (κ1) is 12.4. The van der Waals surface area contributed by atoms with E-state index in [1.54, 1.807) is 6.07 Å². The van der Waals surface area contributed by atoms with Crippen LogP contribution < -0.4 is 10.5 Å². The monoisotopic (exact) mass is 276 g/mol. The lowest BCUT2D eigenvalue weighted by Gasteiger charge is -2.23. The summed E-state index contributed by atoms with van der Waals surface area (Å²) >= 11 is 1.99. The first-order valence-electron chi connectivity index (χ1n) is 6.39. The van der Waals surface area contributed by atoms with E-state index in [4.69, 9.17) is 15.0 Å². The van der Waals surface area contributed by atoms with Gasteiger partial charge in [-0.25, -0.2) is 0 Å². The summed E-state index contributed by atoms with van der Waals surface area (Å²) in [6.45, 7) is 0. The Morgan fingerprint density at radius 1 is 1.26 bits per heavy atom. The minimum atomic E-state index is 0.298. The number of para-hydroxylation sites is 1. The minimum Gasteiger partial charge on any atom is -0.490 e. The van der Waals surface area contributed by atoms with E-state index in [1.165, 1.54) is 11.5 Å². The highest BCUT2D eigenvalue weighted by atomic mass is 32.2. The molecule has 0 unspecified atom stereocenters. The Kier molecular flexibility index (Phi) is 3.64. The molecule has 19 heavy (non-hydrogen) atoms. The molecule has 5 heteroatoms. The van der Waals surface area contributed by atoms with Crippen LogP contribution in [0.25, 0.3) is 11.3 Å². The van der Waals surface area contributed by atoms with Crippen molar-refractivity contribution in [2.24, 2.45) is 0 Å². The molecular weight excluding hydrogens is 260 g/mol. The van der Waals surface area contributed by atoms with Gasteiger partial charge in [0.25, 0.3) is 0 Å². The molecular formula is C14H16N2O2S. The first-order chi connectivity index (χ1) is 9.33. The summed E-state index contributed by atoms with van der Waals surface area (Å²) in [5, 5.41) is 3.96. The molecule has 1 aromatic heterocycles. The Labute approximate surface area is 116 Å². The maximum Gasteiger partial charge on any atom is 0.222 e. The van der Waals surface area contributed by atoms with Crippen LogP contribution in [-0.2, 0) is 0 Å². The molecule has 2 N–H and O–H groups in total. The molecule has 1 aliphatic rings. The highest BCUT2D eigenvalue weighted by molar-refractivity contribution is 7.99. The van der Waals surface area contributed by atoms with Crippen molar-refractivity contribution in [3.05, 3.63) is 30.3 Å². The van der Waals surface area contributed by atoms with Gasteiger partial charge in [-0.1, -0.05) is 17.3 Å². The van der Waals surface area contributed by atoms with Gasteiger partial charge in [0.2, 0.25) is 5.88 Å². The zero-order valence-corrected chi connectivity index (χ0v) is 11.4. The number of ether oxygens (including phenoxy) is 1. The fourth-order valence-corrected chi connectivity index (χ4v) is 3.23. The van der Waals surface area contributed by atoms with E-state index in [9.17, 15) is 0 Å². The Hall–Kier alpha value is -1.62. The van der Waals surface area contributed by atoms with Crippen LogP contribution in [0.1, 0.15) is 12.8 Å². The van der Waals surface area contributed by atoms with E-state index in [1.807, 2.05) is 36.0 Å². The van der Waals surface area contributed by atoms with Crippen LogP contribution in [0.5, 0.6) is 5.75 Å². The molecule has 4 nitrogen and oxygen atoms in total. The highest BCUT2D eigenvalue weighted by Crippen LogP contribution is 2.32. The van der Waals surface area contributed by atoms with Crippen LogP contribution in [0, 0.1) is 0 Å². The molecule has 0 saturated carbocycles. The number of nitrogen functional groups attached to an aromatic ring is 1. The van der Waals surface area contributed by atoms with Gasteiger partial charge in [-0.05, 0) is 36.5 Å². The second-order valence-electron chi connectivity index (χ2n) is 4.54.